The molecule has 0 aliphatic heterocycles. The van der Waals surface area contributed by atoms with Crippen LogP contribution in [0.5, 0.6) is 5.75 Å². The zero-order valence-electron chi connectivity index (χ0n) is 17.4. The number of pyridine rings is 1. The van der Waals surface area contributed by atoms with E-state index in [0.717, 1.165) is 4.31 Å². The molecule has 2 N–H and O–H groups in total. The first-order chi connectivity index (χ1) is 13.6. The molecule has 166 valence electrons. The van der Waals surface area contributed by atoms with Gasteiger partial charge in [0, 0.05) is 18.9 Å². The lowest BCUT2D eigenvalue weighted by Crippen LogP contribution is -2.50. The SMILES string of the molecule is COc1ccc(S(=O)(=O)N(Cc2cccnc2)C(CC(C)(C)C)C(=O)NO)cc1.Cl. The van der Waals surface area contributed by atoms with E-state index in [1.807, 2.05) is 20.8 Å². The van der Waals surface area contributed by atoms with Crippen molar-refractivity contribution in [1.29, 1.82) is 0 Å². The number of carbonyl (C=O) groups excluding carboxylic acids is 1. The topological polar surface area (TPSA) is 109 Å². The van der Waals surface area contributed by atoms with Gasteiger partial charge in [0.2, 0.25) is 10.0 Å². The molecular weight excluding hydrogens is 430 g/mol. The number of hydrogen-bond acceptors (Lipinski definition) is 6. The van der Waals surface area contributed by atoms with Crippen molar-refractivity contribution in [3.8, 4) is 5.75 Å². The summed E-state index contributed by atoms with van der Waals surface area (Å²) in [5, 5.41) is 9.27. The zero-order valence-corrected chi connectivity index (χ0v) is 19.0. The molecule has 10 heteroatoms. The first-order valence-electron chi connectivity index (χ1n) is 9.07. The molecule has 30 heavy (non-hydrogen) atoms. The molecule has 8 nitrogen and oxygen atoms in total. The average molecular weight is 458 g/mol. The van der Waals surface area contributed by atoms with Crippen LogP contribution in [0.1, 0.15) is 32.8 Å². The highest BCUT2D eigenvalue weighted by Crippen LogP contribution is 2.29. The molecule has 0 fully saturated rings. The molecular formula is C20H28ClN3O5S. The number of sulfonamides is 1. The Hall–Kier alpha value is -2.20. The molecule has 0 saturated heterocycles. The molecule has 1 unspecified atom stereocenters. The number of benzene rings is 1. The monoisotopic (exact) mass is 457 g/mol. The third kappa shape index (κ3) is 6.66. The highest BCUT2D eigenvalue weighted by atomic mass is 35.5. The average Bonchev–Trinajstić information content (AvgIpc) is 2.70. The maximum Gasteiger partial charge on any atom is 0.261 e. The van der Waals surface area contributed by atoms with Crippen molar-refractivity contribution in [2.45, 2.75) is 44.7 Å². The second-order valence-corrected chi connectivity index (χ2v) is 9.73. The highest BCUT2D eigenvalue weighted by Gasteiger charge is 2.38. The molecule has 0 aliphatic rings. The lowest BCUT2D eigenvalue weighted by atomic mass is 9.87. The van der Waals surface area contributed by atoms with Gasteiger partial charge in [-0.3, -0.25) is 15.0 Å². The molecule has 1 atom stereocenters. The number of carbonyl (C=O) groups is 1. The standard InChI is InChI=1S/C20H27N3O5S.ClH/c1-20(2,3)12-18(19(24)22-25)23(14-15-6-5-11-21-13-15)29(26,27)17-9-7-16(28-4)8-10-17;/h5-11,13,18,25H,12,14H2,1-4H3,(H,22,24);1H. The fraction of sp³-hybridized carbons (Fsp3) is 0.400. The first-order valence-corrected chi connectivity index (χ1v) is 10.5. The molecule has 2 rings (SSSR count). The summed E-state index contributed by atoms with van der Waals surface area (Å²) >= 11 is 0. The number of rotatable bonds is 8. The third-order valence-electron chi connectivity index (χ3n) is 4.29. The lowest BCUT2D eigenvalue weighted by Gasteiger charge is -2.33. The van der Waals surface area contributed by atoms with Crippen LogP contribution in [0, 0.1) is 5.41 Å². The van der Waals surface area contributed by atoms with Crippen LogP contribution < -0.4 is 10.2 Å². The van der Waals surface area contributed by atoms with Crippen molar-refractivity contribution >= 4 is 28.3 Å². The van der Waals surface area contributed by atoms with Gasteiger partial charge >= 0.3 is 0 Å². The van der Waals surface area contributed by atoms with Crippen LogP contribution in [0.15, 0.2) is 53.7 Å². The Balaban J connectivity index is 0.00000450. The molecule has 0 aliphatic carbocycles. The first kappa shape index (κ1) is 25.8. The van der Waals surface area contributed by atoms with E-state index in [2.05, 4.69) is 4.98 Å². The van der Waals surface area contributed by atoms with Gasteiger partial charge in [-0.25, -0.2) is 13.9 Å². The summed E-state index contributed by atoms with van der Waals surface area (Å²) < 4.78 is 33.2. The van der Waals surface area contributed by atoms with E-state index in [9.17, 15) is 18.4 Å². The summed E-state index contributed by atoms with van der Waals surface area (Å²) in [5.74, 6) is -0.275. The van der Waals surface area contributed by atoms with Gasteiger partial charge in [-0.15, -0.1) is 12.4 Å². The van der Waals surface area contributed by atoms with Gasteiger partial charge in [0.05, 0.1) is 12.0 Å². The van der Waals surface area contributed by atoms with Crippen LogP contribution >= 0.6 is 12.4 Å². The molecule has 1 aromatic carbocycles. The minimum Gasteiger partial charge on any atom is -0.497 e. The highest BCUT2D eigenvalue weighted by molar-refractivity contribution is 7.89. The fourth-order valence-electron chi connectivity index (χ4n) is 2.90. The van der Waals surface area contributed by atoms with Gasteiger partial charge in [0.25, 0.3) is 5.91 Å². The van der Waals surface area contributed by atoms with E-state index in [1.54, 1.807) is 42.1 Å². The van der Waals surface area contributed by atoms with E-state index in [1.165, 1.54) is 19.2 Å². The van der Waals surface area contributed by atoms with E-state index in [0.29, 0.717) is 11.3 Å². The van der Waals surface area contributed by atoms with E-state index in [-0.39, 0.29) is 35.7 Å². The molecule has 0 spiro atoms. The van der Waals surface area contributed by atoms with Gasteiger partial charge in [0.1, 0.15) is 11.8 Å². The molecule has 1 amide bonds. The lowest BCUT2D eigenvalue weighted by molar-refractivity contribution is -0.134. The number of halogens is 1. The Kier molecular flexibility index (Phi) is 9.23. The second kappa shape index (κ2) is 10.7. The molecule has 2 aromatic rings. The predicted octanol–water partition coefficient (Wildman–Crippen LogP) is 3.01. The van der Waals surface area contributed by atoms with Gasteiger partial charge in [-0.1, -0.05) is 26.8 Å². The van der Waals surface area contributed by atoms with Crippen LogP contribution in [0.25, 0.3) is 0 Å². The zero-order chi connectivity index (χ0) is 21.7. The number of hydrogen-bond donors (Lipinski definition) is 2. The van der Waals surface area contributed by atoms with Gasteiger partial charge in [-0.05, 0) is 47.7 Å². The van der Waals surface area contributed by atoms with Crippen molar-refractivity contribution < 1.29 is 23.2 Å². The maximum absolute atomic E-state index is 13.5. The molecule has 0 bridgehead atoms. The number of nitrogens with zero attached hydrogens (tertiary/aromatic N) is 2. The van der Waals surface area contributed by atoms with Crippen molar-refractivity contribution in [3.05, 3.63) is 54.4 Å². The fourth-order valence-corrected chi connectivity index (χ4v) is 4.47. The Morgan fingerprint density at radius 3 is 2.33 bits per heavy atom. The van der Waals surface area contributed by atoms with E-state index >= 15 is 0 Å². The molecule has 0 saturated carbocycles. The van der Waals surface area contributed by atoms with Crippen LogP contribution in [-0.4, -0.2) is 42.0 Å². The minimum absolute atomic E-state index is 0. The summed E-state index contributed by atoms with van der Waals surface area (Å²) in [5.41, 5.74) is 1.86. The van der Waals surface area contributed by atoms with Crippen molar-refractivity contribution in [1.82, 2.24) is 14.8 Å². The third-order valence-corrected chi connectivity index (χ3v) is 6.16. The molecule has 1 heterocycles. The van der Waals surface area contributed by atoms with Gasteiger partial charge in [-0.2, -0.15) is 4.31 Å². The second-order valence-electron chi connectivity index (χ2n) is 7.84. The van der Waals surface area contributed by atoms with Crippen LogP contribution in [0.4, 0.5) is 0 Å². The summed E-state index contributed by atoms with van der Waals surface area (Å²) in [6.07, 6.45) is 3.33. The van der Waals surface area contributed by atoms with Crippen molar-refractivity contribution in [2.75, 3.05) is 7.11 Å². The maximum atomic E-state index is 13.5. The van der Waals surface area contributed by atoms with E-state index < -0.39 is 22.0 Å². The Morgan fingerprint density at radius 1 is 1.23 bits per heavy atom. The van der Waals surface area contributed by atoms with Gasteiger partial charge < -0.3 is 4.74 Å². The minimum atomic E-state index is -4.07. The molecule has 1 aromatic heterocycles. The van der Waals surface area contributed by atoms with Gasteiger partial charge in [0.15, 0.2) is 0 Å². The van der Waals surface area contributed by atoms with Crippen molar-refractivity contribution in [2.24, 2.45) is 5.41 Å². The largest absolute Gasteiger partial charge is 0.497 e. The quantitative estimate of drug-likeness (QED) is 0.466. The Morgan fingerprint density at radius 2 is 1.87 bits per heavy atom. The number of amides is 1. The van der Waals surface area contributed by atoms with E-state index in [4.69, 9.17) is 4.74 Å². The Bertz CT molecular complexity index is 916. The number of aromatic nitrogens is 1. The number of nitrogens with one attached hydrogen (secondary N) is 1. The summed E-state index contributed by atoms with van der Waals surface area (Å²) in [4.78, 5) is 16.5. The Labute approximate surface area is 183 Å². The summed E-state index contributed by atoms with van der Waals surface area (Å²) in [6, 6.07) is 8.24. The van der Waals surface area contributed by atoms with Crippen LogP contribution in [-0.2, 0) is 21.4 Å². The predicted molar refractivity (Wildman–Crippen MR) is 115 cm³/mol. The normalized spacial score (nSPS) is 12.7. The van der Waals surface area contributed by atoms with Crippen LogP contribution in [0.2, 0.25) is 0 Å². The number of ether oxygens (including phenoxy) is 1. The number of hydroxylamine groups is 1. The number of methoxy groups -OCH3 is 1. The van der Waals surface area contributed by atoms with Crippen LogP contribution in [0.3, 0.4) is 0 Å². The summed E-state index contributed by atoms with van der Waals surface area (Å²) in [6.45, 7) is 5.61. The molecule has 0 radical (unpaired) electrons. The smallest absolute Gasteiger partial charge is 0.261 e. The summed E-state index contributed by atoms with van der Waals surface area (Å²) in [7, 11) is -2.58. The van der Waals surface area contributed by atoms with Crippen molar-refractivity contribution in [3.63, 3.8) is 0 Å².